The molecule has 0 spiro atoms. The highest BCUT2D eigenvalue weighted by atomic mass is 32.2. The van der Waals surface area contributed by atoms with Crippen LogP contribution in [0.1, 0.15) is 5.56 Å². The predicted octanol–water partition coefficient (Wildman–Crippen LogP) is 4.73. The number of hydrogen-bond acceptors (Lipinski definition) is 5. The van der Waals surface area contributed by atoms with Gasteiger partial charge in [0.15, 0.2) is 10.2 Å². The highest BCUT2D eigenvalue weighted by Gasteiger charge is 2.08. The molecule has 0 aliphatic carbocycles. The van der Waals surface area contributed by atoms with E-state index in [1.54, 1.807) is 23.1 Å². The van der Waals surface area contributed by atoms with Crippen molar-refractivity contribution in [1.29, 1.82) is 0 Å². The van der Waals surface area contributed by atoms with E-state index < -0.39 is 0 Å². The van der Waals surface area contributed by atoms with Crippen LogP contribution >= 0.6 is 34.6 Å². The van der Waals surface area contributed by atoms with Crippen molar-refractivity contribution in [3.05, 3.63) is 47.3 Å². The van der Waals surface area contributed by atoms with Crippen LogP contribution in [0.3, 0.4) is 0 Å². The van der Waals surface area contributed by atoms with Crippen LogP contribution in [-0.2, 0) is 0 Å². The molecule has 0 unspecified atom stereocenters. The van der Waals surface area contributed by atoms with Gasteiger partial charge in [-0.15, -0.1) is 11.3 Å². The molecule has 1 aromatic carbocycles. The van der Waals surface area contributed by atoms with Crippen molar-refractivity contribution in [3.63, 3.8) is 0 Å². The normalized spacial score (nSPS) is 10.7. The van der Waals surface area contributed by atoms with Crippen molar-refractivity contribution < 1.29 is 0 Å². The topological polar surface area (TPSA) is 25.8 Å². The highest BCUT2D eigenvalue weighted by Crippen LogP contribution is 2.32. The average Bonchev–Trinajstić information content (AvgIpc) is 3.02. The Kier molecular flexibility index (Phi) is 3.45. The third kappa shape index (κ3) is 2.63. The number of rotatable bonds is 3. The molecule has 0 fully saturated rings. The first-order valence-corrected chi connectivity index (χ1v) is 7.90. The lowest BCUT2D eigenvalue weighted by atomic mass is 10.2. The number of nitrogens with zero attached hydrogens (tertiary/aromatic N) is 2. The van der Waals surface area contributed by atoms with E-state index in [9.17, 15) is 0 Å². The molecule has 0 N–H and O–H groups in total. The van der Waals surface area contributed by atoms with Crippen LogP contribution in [0.15, 0.2) is 51.0 Å². The fourth-order valence-corrected chi connectivity index (χ4v) is 3.77. The largest absolute Gasteiger partial charge is 0.207 e. The number of benzene rings is 1. The number of aryl methyl sites for hydroxylation is 1. The second-order valence-electron chi connectivity index (χ2n) is 3.78. The molecule has 0 aliphatic rings. The van der Waals surface area contributed by atoms with Crippen molar-refractivity contribution in [1.82, 2.24) is 9.36 Å². The molecule has 90 valence electrons. The molecule has 18 heavy (non-hydrogen) atoms. The molecule has 0 saturated heterocycles. The monoisotopic (exact) mass is 290 g/mol. The Labute approximate surface area is 118 Å². The van der Waals surface area contributed by atoms with Crippen LogP contribution in [0.4, 0.5) is 0 Å². The summed E-state index contributed by atoms with van der Waals surface area (Å²) >= 11 is 4.79. The van der Waals surface area contributed by atoms with Gasteiger partial charge in [-0.25, -0.2) is 4.98 Å². The van der Waals surface area contributed by atoms with Crippen molar-refractivity contribution in [2.24, 2.45) is 0 Å². The predicted molar refractivity (Wildman–Crippen MR) is 78.5 cm³/mol. The highest BCUT2D eigenvalue weighted by molar-refractivity contribution is 8.01. The van der Waals surface area contributed by atoms with Crippen molar-refractivity contribution in [3.8, 4) is 10.7 Å². The van der Waals surface area contributed by atoms with Gasteiger partial charge in [-0.05, 0) is 42.0 Å². The first-order valence-electron chi connectivity index (χ1n) is 5.43. The Morgan fingerprint density at radius 1 is 1.11 bits per heavy atom. The maximum atomic E-state index is 4.55. The first-order chi connectivity index (χ1) is 8.81. The Hall–Kier alpha value is -1.17. The molecular formula is C13H10N2S3. The van der Waals surface area contributed by atoms with Crippen molar-refractivity contribution >= 4 is 34.6 Å². The van der Waals surface area contributed by atoms with E-state index in [-0.39, 0.29) is 0 Å². The molecule has 0 bridgehead atoms. The maximum absolute atomic E-state index is 4.55. The zero-order valence-corrected chi connectivity index (χ0v) is 12.1. The standard InChI is InChI=1S/C13H10N2S3/c1-9-4-6-10(7-5-9)17-13-14-12(15-18-13)11-3-2-8-16-11/h2-8H,1H3. The summed E-state index contributed by atoms with van der Waals surface area (Å²) in [5.41, 5.74) is 1.27. The molecule has 2 nitrogen and oxygen atoms in total. The SMILES string of the molecule is Cc1ccc(Sc2nc(-c3cccs3)ns2)cc1. The fourth-order valence-electron chi connectivity index (χ4n) is 1.46. The summed E-state index contributed by atoms with van der Waals surface area (Å²) in [6, 6.07) is 12.5. The summed E-state index contributed by atoms with van der Waals surface area (Å²) in [4.78, 5) is 6.88. The van der Waals surface area contributed by atoms with Gasteiger partial charge < -0.3 is 0 Å². The second-order valence-corrected chi connectivity index (χ2v) is 6.80. The first kappa shape index (κ1) is 11.9. The van der Waals surface area contributed by atoms with Gasteiger partial charge in [0.05, 0.1) is 4.88 Å². The van der Waals surface area contributed by atoms with Gasteiger partial charge >= 0.3 is 0 Å². The molecule has 0 aliphatic heterocycles. The van der Waals surface area contributed by atoms with Gasteiger partial charge in [0.25, 0.3) is 0 Å². The van der Waals surface area contributed by atoms with E-state index in [0.717, 1.165) is 15.0 Å². The van der Waals surface area contributed by atoms with E-state index >= 15 is 0 Å². The maximum Gasteiger partial charge on any atom is 0.184 e. The van der Waals surface area contributed by atoms with E-state index in [4.69, 9.17) is 0 Å². The van der Waals surface area contributed by atoms with Crippen molar-refractivity contribution in [2.45, 2.75) is 16.2 Å². The number of aromatic nitrogens is 2. The summed E-state index contributed by atoms with van der Waals surface area (Å²) in [7, 11) is 0. The van der Waals surface area contributed by atoms with Crippen molar-refractivity contribution in [2.75, 3.05) is 0 Å². The summed E-state index contributed by atoms with van der Waals surface area (Å²) in [6.45, 7) is 2.09. The van der Waals surface area contributed by atoms with Crippen LogP contribution in [0.2, 0.25) is 0 Å². The molecule has 0 saturated carbocycles. The fraction of sp³-hybridized carbons (Fsp3) is 0.0769. The molecule has 3 rings (SSSR count). The Bertz CT molecular complexity index is 627. The van der Waals surface area contributed by atoms with Gasteiger partial charge in [-0.2, -0.15) is 4.37 Å². The third-order valence-corrected chi connectivity index (χ3v) is 5.00. The molecule has 0 amide bonds. The van der Waals surface area contributed by atoms with Gasteiger partial charge in [0.1, 0.15) is 0 Å². The lowest BCUT2D eigenvalue weighted by molar-refractivity contribution is 1.22. The minimum atomic E-state index is 0.838. The molecule has 3 aromatic rings. The average molecular weight is 290 g/mol. The zero-order chi connectivity index (χ0) is 12.4. The van der Waals surface area contributed by atoms with Crippen LogP contribution in [0.5, 0.6) is 0 Å². The molecule has 0 radical (unpaired) electrons. The quantitative estimate of drug-likeness (QED) is 0.697. The van der Waals surface area contributed by atoms with Crippen LogP contribution in [0.25, 0.3) is 10.7 Å². The smallest absolute Gasteiger partial charge is 0.184 e. The lowest BCUT2D eigenvalue weighted by Gasteiger charge is -1.97. The Morgan fingerprint density at radius 3 is 2.67 bits per heavy atom. The van der Waals surface area contributed by atoms with E-state index in [2.05, 4.69) is 40.5 Å². The summed E-state index contributed by atoms with van der Waals surface area (Å²) in [6.07, 6.45) is 0. The number of thiophene rings is 1. The van der Waals surface area contributed by atoms with Gasteiger partial charge in [0, 0.05) is 4.90 Å². The van der Waals surface area contributed by atoms with E-state index in [0.29, 0.717) is 0 Å². The second kappa shape index (κ2) is 5.22. The van der Waals surface area contributed by atoms with Crippen LogP contribution < -0.4 is 0 Å². The van der Waals surface area contributed by atoms with Crippen LogP contribution in [0, 0.1) is 6.92 Å². The van der Waals surface area contributed by atoms with Crippen LogP contribution in [-0.4, -0.2) is 9.36 Å². The molecule has 0 atom stereocenters. The minimum Gasteiger partial charge on any atom is -0.207 e. The summed E-state index contributed by atoms with van der Waals surface area (Å²) in [5, 5.41) is 2.04. The number of hydrogen-bond donors (Lipinski definition) is 0. The molecule has 5 heteroatoms. The summed E-state index contributed by atoms with van der Waals surface area (Å²) in [5.74, 6) is 0.838. The Balaban J connectivity index is 1.80. The molecule has 2 heterocycles. The summed E-state index contributed by atoms with van der Waals surface area (Å²) < 4.78 is 5.38. The Morgan fingerprint density at radius 2 is 1.94 bits per heavy atom. The van der Waals surface area contributed by atoms with Gasteiger partial charge in [-0.1, -0.05) is 35.5 Å². The van der Waals surface area contributed by atoms with Gasteiger partial charge in [-0.3, -0.25) is 0 Å². The lowest BCUT2D eigenvalue weighted by Crippen LogP contribution is -1.76. The third-order valence-electron chi connectivity index (χ3n) is 2.38. The molecule has 2 aromatic heterocycles. The minimum absolute atomic E-state index is 0.838. The zero-order valence-electron chi connectivity index (χ0n) is 9.66. The van der Waals surface area contributed by atoms with E-state index in [1.807, 2.05) is 17.5 Å². The van der Waals surface area contributed by atoms with E-state index in [1.165, 1.54) is 22.0 Å². The molecular weight excluding hydrogens is 280 g/mol. The van der Waals surface area contributed by atoms with Gasteiger partial charge in [0.2, 0.25) is 0 Å².